The molecule has 4 heteroatoms. The fourth-order valence-corrected chi connectivity index (χ4v) is 6.42. The van der Waals surface area contributed by atoms with E-state index < -0.39 is 0 Å². The molecule has 3 saturated heterocycles. The molecule has 4 nitrogen and oxygen atoms in total. The van der Waals surface area contributed by atoms with Gasteiger partial charge in [0, 0.05) is 50.4 Å². The molecule has 0 N–H and O–H groups in total. The van der Waals surface area contributed by atoms with Crippen molar-refractivity contribution < 1.29 is 4.79 Å². The molecule has 0 aromatic heterocycles. The second-order valence-corrected chi connectivity index (χ2v) is 10.4. The predicted octanol–water partition coefficient (Wildman–Crippen LogP) is 5.44. The molecule has 5 rings (SSSR count). The summed E-state index contributed by atoms with van der Waals surface area (Å²) in [6.45, 7) is 11.1. The Labute approximate surface area is 205 Å². The number of piperidine rings is 1. The second kappa shape index (κ2) is 10.5. The summed E-state index contributed by atoms with van der Waals surface area (Å²) in [5.41, 5.74) is 4.75. The average molecular weight is 458 g/mol. The number of amides is 1. The van der Waals surface area contributed by atoms with Gasteiger partial charge in [0.1, 0.15) is 0 Å². The van der Waals surface area contributed by atoms with Gasteiger partial charge >= 0.3 is 0 Å². The normalized spacial score (nSPS) is 24.6. The number of fused-ring (bicyclic) bond motifs is 2. The van der Waals surface area contributed by atoms with Gasteiger partial charge in [-0.25, -0.2) is 0 Å². The number of hydrogen-bond donors (Lipinski definition) is 0. The number of hydrogen-bond acceptors (Lipinski definition) is 3. The fraction of sp³-hybridized carbons (Fsp3) is 0.500. The first kappa shape index (κ1) is 23.3. The van der Waals surface area contributed by atoms with Crippen LogP contribution in [0.2, 0.25) is 0 Å². The second-order valence-electron chi connectivity index (χ2n) is 10.4. The van der Waals surface area contributed by atoms with E-state index in [2.05, 4.69) is 77.9 Å². The minimum atomic E-state index is 0.186. The minimum Gasteiger partial charge on any atom is -0.339 e. The Morgan fingerprint density at radius 1 is 0.971 bits per heavy atom. The van der Waals surface area contributed by atoms with Crippen LogP contribution in [-0.2, 0) is 0 Å². The molecule has 3 heterocycles. The number of benzene rings is 2. The van der Waals surface area contributed by atoms with E-state index in [-0.39, 0.29) is 11.9 Å². The molecule has 3 fully saturated rings. The highest BCUT2D eigenvalue weighted by Crippen LogP contribution is 2.36. The van der Waals surface area contributed by atoms with E-state index >= 15 is 0 Å². The molecule has 3 aliphatic heterocycles. The summed E-state index contributed by atoms with van der Waals surface area (Å²) in [6, 6.07) is 19.0. The maximum atomic E-state index is 13.0. The number of likely N-dealkylation sites (tertiary alicyclic amines) is 2. The van der Waals surface area contributed by atoms with Crippen LogP contribution in [0, 0.1) is 6.92 Å². The number of nitrogens with zero attached hydrogens (tertiary/aromatic N) is 3. The van der Waals surface area contributed by atoms with Crippen LogP contribution in [-0.4, -0.2) is 65.4 Å². The molecule has 2 bridgehead atoms. The lowest BCUT2D eigenvalue weighted by atomic mass is 9.93. The van der Waals surface area contributed by atoms with Crippen LogP contribution in [0.15, 0.2) is 61.2 Å². The summed E-state index contributed by atoms with van der Waals surface area (Å²) in [5.74, 6) is 0.186. The topological polar surface area (TPSA) is 26.8 Å². The van der Waals surface area contributed by atoms with Crippen molar-refractivity contribution in [2.45, 2.75) is 63.6 Å². The summed E-state index contributed by atoms with van der Waals surface area (Å²) in [4.78, 5) is 20.4. The Bertz CT molecular complexity index is 994. The van der Waals surface area contributed by atoms with E-state index in [0.29, 0.717) is 12.1 Å². The van der Waals surface area contributed by atoms with Crippen molar-refractivity contribution in [1.82, 2.24) is 14.7 Å². The number of carbonyl (C=O) groups is 1. The lowest BCUT2D eigenvalue weighted by Gasteiger charge is -2.34. The van der Waals surface area contributed by atoms with Crippen molar-refractivity contribution in [2.24, 2.45) is 0 Å². The highest BCUT2D eigenvalue weighted by molar-refractivity contribution is 5.94. The molecule has 2 aromatic carbocycles. The Balaban J connectivity index is 1.43. The molecule has 0 aliphatic carbocycles. The van der Waals surface area contributed by atoms with E-state index in [9.17, 15) is 4.79 Å². The maximum Gasteiger partial charge on any atom is 0.253 e. The largest absolute Gasteiger partial charge is 0.339 e. The lowest BCUT2D eigenvalue weighted by Crippen LogP contribution is -2.40. The van der Waals surface area contributed by atoms with Crippen molar-refractivity contribution in [3.8, 4) is 0 Å². The summed E-state index contributed by atoms with van der Waals surface area (Å²) in [7, 11) is 0. The molecule has 0 spiro atoms. The molecule has 3 unspecified atom stereocenters. The maximum absolute atomic E-state index is 13.0. The molecule has 34 heavy (non-hydrogen) atoms. The molecule has 180 valence electrons. The molecule has 0 saturated carbocycles. The van der Waals surface area contributed by atoms with Gasteiger partial charge in [0.05, 0.1) is 6.04 Å². The van der Waals surface area contributed by atoms with Gasteiger partial charge in [-0.2, -0.15) is 0 Å². The van der Waals surface area contributed by atoms with Crippen LogP contribution in [0.3, 0.4) is 0 Å². The standard InChI is InChI=1S/C30H39N3O/c1-3-17-33-27-14-15-28(33)22-32(20-16-27)29(26-9-7-8-23(2)21-26)24-10-12-25(13-11-24)30(34)31-18-5-4-6-19-31/h3,7-13,21,27-29H,1,4-6,14-20,22H2,2H3. The molecular formula is C30H39N3O. The SMILES string of the molecule is C=CCN1C2CCC1CN(C(c1ccc(C(=O)N3CCCCC3)cc1)c1cccc(C)c1)CC2. The van der Waals surface area contributed by atoms with Crippen LogP contribution in [0.1, 0.15) is 71.6 Å². The van der Waals surface area contributed by atoms with Gasteiger partial charge in [0.25, 0.3) is 5.91 Å². The Hall–Kier alpha value is -2.43. The van der Waals surface area contributed by atoms with Crippen molar-refractivity contribution in [3.05, 3.63) is 83.4 Å². The summed E-state index contributed by atoms with van der Waals surface area (Å²) in [6.07, 6.45) is 9.35. The van der Waals surface area contributed by atoms with Gasteiger partial charge in [-0.1, -0.05) is 48.0 Å². The van der Waals surface area contributed by atoms with Gasteiger partial charge in [-0.15, -0.1) is 6.58 Å². The first-order valence-corrected chi connectivity index (χ1v) is 13.2. The van der Waals surface area contributed by atoms with Crippen molar-refractivity contribution >= 4 is 5.91 Å². The molecule has 1 amide bonds. The van der Waals surface area contributed by atoms with Gasteiger partial charge < -0.3 is 4.90 Å². The third-order valence-corrected chi connectivity index (χ3v) is 8.15. The van der Waals surface area contributed by atoms with Crippen LogP contribution >= 0.6 is 0 Å². The minimum absolute atomic E-state index is 0.186. The third kappa shape index (κ3) is 4.85. The van der Waals surface area contributed by atoms with E-state index in [1.54, 1.807) is 0 Å². The highest BCUT2D eigenvalue weighted by Gasteiger charge is 2.38. The average Bonchev–Trinajstić information content (AvgIpc) is 3.14. The highest BCUT2D eigenvalue weighted by atomic mass is 16.2. The first-order chi connectivity index (χ1) is 16.6. The van der Waals surface area contributed by atoms with E-state index in [4.69, 9.17) is 0 Å². The number of aryl methyl sites for hydroxylation is 1. The van der Waals surface area contributed by atoms with E-state index in [1.165, 1.54) is 42.4 Å². The Morgan fingerprint density at radius 3 is 2.47 bits per heavy atom. The molecule has 3 aliphatic rings. The van der Waals surface area contributed by atoms with Crippen LogP contribution in [0.25, 0.3) is 0 Å². The van der Waals surface area contributed by atoms with Gasteiger partial charge in [0.2, 0.25) is 0 Å². The van der Waals surface area contributed by atoms with Crippen LogP contribution < -0.4 is 0 Å². The van der Waals surface area contributed by atoms with E-state index in [0.717, 1.165) is 51.1 Å². The van der Waals surface area contributed by atoms with Crippen molar-refractivity contribution in [2.75, 3.05) is 32.7 Å². The predicted molar refractivity (Wildman–Crippen MR) is 139 cm³/mol. The zero-order chi connectivity index (χ0) is 23.5. The Kier molecular flexibility index (Phi) is 7.17. The summed E-state index contributed by atoms with van der Waals surface area (Å²) < 4.78 is 0. The third-order valence-electron chi connectivity index (χ3n) is 8.15. The van der Waals surface area contributed by atoms with Crippen molar-refractivity contribution in [1.29, 1.82) is 0 Å². The quantitative estimate of drug-likeness (QED) is 0.541. The molecule has 3 atom stereocenters. The number of rotatable bonds is 6. The lowest BCUT2D eigenvalue weighted by molar-refractivity contribution is 0.0724. The van der Waals surface area contributed by atoms with Crippen molar-refractivity contribution in [3.63, 3.8) is 0 Å². The fourth-order valence-electron chi connectivity index (χ4n) is 6.42. The zero-order valence-corrected chi connectivity index (χ0v) is 20.7. The first-order valence-electron chi connectivity index (χ1n) is 13.2. The van der Waals surface area contributed by atoms with Gasteiger partial charge in [-0.05, 0) is 68.7 Å². The molecule has 0 radical (unpaired) electrons. The molecule has 2 aromatic rings. The summed E-state index contributed by atoms with van der Waals surface area (Å²) in [5, 5.41) is 0. The Morgan fingerprint density at radius 2 is 1.74 bits per heavy atom. The summed E-state index contributed by atoms with van der Waals surface area (Å²) >= 11 is 0. The number of carbonyl (C=O) groups excluding carboxylic acids is 1. The van der Waals surface area contributed by atoms with Crippen LogP contribution in [0.5, 0.6) is 0 Å². The van der Waals surface area contributed by atoms with E-state index in [1.807, 2.05) is 4.90 Å². The zero-order valence-electron chi connectivity index (χ0n) is 20.7. The van der Waals surface area contributed by atoms with Gasteiger partial charge in [0.15, 0.2) is 0 Å². The molecular weight excluding hydrogens is 418 g/mol. The monoisotopic (exact) mass is 457 g/mol. The smallest absolute Gasteiger partial charge is 0.253 e. The van der Waals surface area contributed by atoms with Gasteiger partial charge in [-0.3, -0.25) is 14.6 Å². The van der Waals surface area contributed by atoms with Crippen LogP contribution in [0.4, 0.5) is 0 Å².